The molecule has 0 saturated carbocycles. The Kier molecular flexibility index (Phi) is 3.04. The third-order valence-electron chi connectivity index (χ3n) is 2.55. The highest BCUT2D eigenvalue weighted by Crippen LogP contribution is 2.29. The molecule has 0 radical (unpaired) electrons. The largest absolute Gasteiger partial charge is 0.359 e. The molecule has 0 aromatic rings. The summed E-state index contributed by atoms with van der Waals surface area (Å²) in [6, 6.07) is -0.562. The first-order valence-electron chi connectivity index (χ1n) is 4.92. The lowest BCUT2D eigenvalue weighted by Crippen LogP contribution is -2.46. The summed E-state index contributed by atoms with van der Waals surface area (Å²) >= 11 is 0. The summed E-state index contributed by atoms with van der Waals surface area (Å²) in [5.41, 5.74) is -0.152. The second kappa shape index (κ2) is 3.81. The number of amides is 3. The Balaban J connectivity index is 2.97. The van der Waals surface area contributed by atoms with E-state index in [-0.39, 0.29) is 23.4 Å². The summed E-state index contributed by atoms with van der Waals surface area (Å²) in [5.74, 6) is -0.300. The minimum atomic E-state index is -0.519. The maximum Gasteiger partial charge on any atom is 0.326 e. The zero-order chi connectivity index (χ0) is 11.8. The smallest absolute Gasteiger partial charge is 0.326 e. The van der Waals surface area contributed by atoms with Crippen molar-refractivity contribution in [3.8, 4) is 0 Å². The molecule has 15 heavy (non-hydrogen) atoms. The number of imide groups is 1. The van der Waals surface area contributed by atoms with E-state index in [9.17, 15) is 9.59 Å². The molecule has 0 aromatic heterocycles. The monoisotopic (exact) mass is 214 g/mol. The van der Waals surface area contributed by atoms with Gasteiger partial charge in [-0.2, -0.15) is 0 Å². The van der Waals surface area contributed by atoms with E-state index in [1.165, 1.54) is 14.0 Å². The zero-order valence-corrected chi connectivity index (χ0v) is 9.83. The van der Waals surface area contributed by atoms with Crippen molar-refractivity contribution in [1.29, 1.82) is 0 Å². The van der Waals surface area contributed by atoms with Crippen LogP contribution in [-0.2, 0) is 9.53 Å². The van der Waals surface area contributed by atoms with Crippen molar-refractivity contribution >= 4 is 11.9 Å². The summed E-state index contributed by atoms with van der Waals surface area (Å²) in [7, 11) is 1.50. The van der Waals surface area contributed by atoms with Crippen molar-refractivity contribution in [3.63, 3.8) is 0 Å². The van der Waals surface area contributed by atoms with Gasteiger partial charge in [0.15, 0.2) is 6.23 Å². The lowest BCUT2D eigenvalue weighted by molar-refractivity contribution is -0.135. The van der Waals surface area contributed by atoms with Crippen molar-refractivity contribution < 1.29 is 14.3 Å². The Morgan fingerprint density at radius 3 is 2.33 bits per heavy atom. The molecule has 1 aliphatic heterocycles. The number of nitrogens with one attached hydrogen (secondary N) is 1. The molecule has 0 spiro atoms. The average Bonchev–Trinajstić information content (AvgIpc) is 2.41. The molecule has 1 N–H and O–H groups in total. The standard InChI is InChI=1S/C10H18N2O3/c1-6(13)12-8(15-5)7(10(2,3)4)11-9(12)14/h7-8H,1-5H3,(H,11,14)/t7-,8+/m1/s1. The van der Waals surface area contributed by atoms with E-state index in [0.29, 0.717) is 0 Å². The normalized spacial score (nSPS) is 26.7. The minimum absolute atomic E-state index is 0.152. The average molecular weight is 214 g/mol. The molecular formula is C10H18N2O3. The Labute approximate surface area is 89.8 Å². The van der Waals surface area contributed by atoms with Gasteiger partial charge >= 0.3 is 6.03 Å². The first-order chi connectivity index (χ1) is 6.79. The van der Waals surface area contributed by atoms with E-state index in [0.717, 1.165) is 4.90 Å². The molecule has 0 unspecified atom stereocenters. The van der Waals surface area contributed by atoms with Crippen LogP contribution in [0.4, 0.5) is 4.79 Å². The first kappa shape index (κ1) is 12.0. The maximum atomic E-state index is 11.6. The Morgan fingerprint density at radius 1 is 1.47 bits per heavy atom. The fraction of sp³-hybridized carbons (Fsp3) is 0.800. The lowest BCUT2D eigenvalue weighted by atomic mass is 9.86. The van der Waals surface area contributed by atoms with E-state index in [1.54, 1.807) is 0 Å². The van der Waals surface area contributed by atoms with Crippen LogP contribution in [0.3, 0.4) is 0 Å². The molecule has 1 aliphatic rings. The Bertz CT molecular complexity index is 283. The van der Waals surface area contributed by atoms with E-state index >= 15 is 0 Å². The molecule has 1 rings (SSSR count). The van der Waals surface area contributed by atoms with Gasteiger partial charge in [0.05, 0.1) is 6.04 Å². The fourth-order valence-electron chi connectivity index (χ4n) is 1.75. The van der Waals surface area contributed by atoms with Gasteiger partial charge < -0.3 is 10.1 Å². The predicted molar refractivity (Wildman–Crippen MR) is 55.1 cm³/mol. The molecule has 1 saturated heterocycles. The van der Waals surface area contributed by atoms with Crippen LogP contribution < -0.4 is 5.32 Å². The molecule has 0 aliphatic carbocycles. The number of ether oxygens (including phenoxy) is 1. The van der Waals surface area contributed by atoms with Crippen LogP contribution in [0.2, 0.25) is 0 Å². The molecule has 0 aromatic carbocycles. The zero-order valence-electron chi connectivity index (χ0n) is 9.83. The van der Waals surface area contributed by atoms with Gasteiger partial charge in [-0.05, 0) is 5.41 Å². The molecule has 0 bridgehead atoms. The van der Waals surface area contributed by atoms with Gasteiger partial charge in [0.1, 0.15) is 0 Å². The van der Waals surface area contributed by atoms with E-state index in [2.05, 4.69) is 5.32 Å². The van der Waals surface area contributed by atoms with Gasteiger partial charge in [-0.15, -0.1) is 0 Å². The van der Waals surface area contributed by atoms with Crippen molar-refractivity contribution in [3.05, 3.63) is 0 Å². The fourth-order valence-corrected chi connectivity index (χ4v) is 1.75. The molecule has 5 heteroatoms. The van der Waals surface area contributed by atoms with Gasteiger partial charge in [0.2, 0.25) is 5.91 Å². The van der Waals surface area contributed by atoms with Crippen molar-refractivity contribution in [1.82, 2.24) is 10.2 Å². The molecule has 3 amide bonds. The topological polar surface area (TPSA) is 58.6 Å². The van der Waals surface area contributed by atoms with Gasteiger partial charge in [-0.3, -0.25) is 4.79 Å². The van der Waals surface area contributed by atoms with Gasteiger partial charge in [-0.25, -0.2) is 9.69 Å². The molecular weight excluding hydrogens is 196 g/mol. The number of carbonyl (C=O) groups excluding carboxylic acids is 2. The maximum absolute atomic E-state index is 11.6. The summed E-state index contributed by atoms with van der Waals surface area (Å²) < 4.78 is 5.22. The second-order valence-electron chi connectivity index (χ2n) is 4.81. The highest BCUT2D eigenvalue weighted by atomic mass is 16.5. The predicted octanol–water partition coefficient (Wildman–Crippen LogP) is 0.945. The SMILES string of the molecule is CO[C@H]1[C@H](C(C)(C)C)NC(=O)N1C(C)=O. The number of methoxy groups -OCH3 is 1. The van der Waals surface area contributed by atoms with Gasteiger partial charge in [0.25, 0.3) is 0 Å². The van der Waals surface area contributed by atoms with Crippen molar-refractivity contribution in [2.75, 3.05) is 7.11 Å². The third kappa shape index (κ3) is 2.12. The quantitative estimate of drug-likeness (QED) is 0.707. The van der Waals surface area contributed by atoms with Crippen LogP contribution in [0.15, 0.2) is 0 Å². The summed E-state index contributed by atoms with van der Waals surface area (Å²) in [6.45, 7) is 7.34. The van der Waals surface area contributed by atoms with E-state index in [1.807, 2.05) is 20.8 Å². The lowest BCUT2D eigenvalue weighted by Gasteiger charge is -2.31. The van der Waals surface area contributed by atoms with Crippen LogP contribution in [0.5, 0.6) is 0 Å². The van der Waals surface area contributed by atoms with E-state index in [4.69, 9.17) is 4.74 Å². The third-order valence-corrected chi connectivity index (χ3v) is 2.55. The van der Waals surface area contributed by atoms with Crippen molar-refractivity contribution in [2.24, 2.45) is 5.41 Å². The van der Waals surface area contributed by atoms with Crippen LogP contribution in [0.1, 0.15) is 27.7 Å². The highest BCUT2D eigenvalue weighted by molar-refractivity contribution is 5.95. The molecule has 1 fully saturated rings. The van der Waals surface area contributed by atoms with E-state index < -0.39 is 6.23 Å². The van der Waals surface area contributed by atoms with Gasteiger partial charge in [0, 0.05) is 14.0 Å². The first-order valence-corrected chi connectivity index (χ1v) is 4.92. The number of hydrogen-bond donors (Lipinski definition) is 1. The number of urea groups is 1. The molecule has 1 heterocycles. The molecule has 86 valence electrons. The van der Waals surface area contributed by atoms with Gasteiger partial charge in [-0.1, -0.05) is 20.8 Å². The van der Waals surface area contributed by atoms with Crippen LogP contribution in [0.25, 0.3) is 0 Å². The number of carbonyl (C=O) groups is 2. The van der Waals surface area contributed by atoms with Crippen molar-refractivity contribution in [2.45, 2.75) is 40.0 Å². The summed E-state index contributed by atoms with van der Waals surface area (Å²) in [6.07, 6.45) is -0.519. The minimum Gasteiger partial charge on any atom is -0.359 e. The Morgan fingerprint density at radius 2 is 2.00 bits per heavy atom. The summed E-state index contributed by atoms with van der Waals surface area (Å²) in [4.78, 5) is 24.0. The molecule has 5 nitrogen and oxygen atoms in total. The van der Waals surface area contributed by atoms with Crippen LogP contribution in [0, 0.1) is 5.41 Å². The Hall–Kier alpha value is -1.10. The van der Waals surface area contributed by atoms with Crippen LogP contribution in [-0.4, -0.2) is 36.2 Å². The number of hydrogen-bond acceptors (Lipinski definition) is 3. The molecule has 2 atom stereocenters. The highest BCUT2D eigenvalue weighted by Gasteiger charge is 2.47. The number of rotatable bonds is 1. The second-order valence-corrected chi connectivity index (χ2v) is 4.81. The van der Waals surface area contributed by atoms with Crippen LogP contribution >= 0.6 is 0 Å². The number of nitrogens with zero attached hydrogens (tertiary/aromatic N) is 1. The summed E-state index contributed by atoms with van der Waals surface area (Å²) in [5, 5.41) is 2.77.